The SMILES string of the molecule is CC(C)[C@@H](NC(=O)N(C)Cc1ccccc1CN1CCCC1)c1nccn1C. The van der Waals surface area contributed by atoms with Crippen molar-refractivity contribution in [1.82, 2.24) is 24.7 Å². The fraction of sp³-hybridized carbons (Fsp3) is 0.545. The van der Waals surface area contributed by atoms with Crippen molar-refractivity contribution in [1.29, 1.82) is 0 Å². The van der Waals surface area contributed by atoms with Crippen molar-refractivity contribution in [3.05, 3.63) is 53.6 Å². The van der Waals surface area contributed by atoms with E-state index in [2.05, 4.69) is 53.3 Å². The number of hydrogen-bond donors (Lipinski definition) is 1. The summed E-state index contributed by atoms with van der Waals surface area (Å²) in [7, 11) is 3.82. The Bertz CT molecular complexity index is 779. The number of aromatic nitrogens is 2. The quantitative estimate of drug-likeness (QED) is 0.795. The second-order valence-electron chi connectivity index (χ2n) is 8.18. The Labute approximate surface area is 168 Å². The molecule has 1 aromatic carbocycles. The standard InChI is InChI=1S/C22H33N5O/c1-17(2)20(21-23-11-14-25(21)3)24-22(28)26(4)15-18-9-5-6-10-19(18)16-27-12-7-8-13-27/h5-6,9-11,14,17,20H,7-8,12-13,15-16H2,1-4H3,(H,24,28)/t20-/m1/s1. The lowest BCUT2D eigenvalue weighted by Gasteiger charge is -2.26. The predicted octanol–water partition coefficient (Wildman–Crippen LogP) is 3.55. The first-order valence-electron chi connectivity index (χ1n) is 10.2. The Morgan fingerprint density at radius 3 is 2.50 bits per heavy atom. The summed E-state index contributed by atoms with van der Waals surface area (Å²) in [6.45, 7) is 8.11. The normalized spacial score (nSPS) is 15.8. The van der Waals surface area contributed by atoms with Gasteiger partial charge in [0.2, 0.25) is 0 Å². The van der Waals surface area contributed by atoms with Crippen LogP contribution < -0.4 is 5.32 Å². The van der Waals surface area contributed by atoms with Crippen molar-refractivity contribution < 1.29 is 4.79 Å². The highest BCUT2D eigenvalue weighted by Crippen LogP contribution is 2.21. The van der Waals surface area contributed by atoms with Crippen LogP contribution >= 0.6 is 0 Å². The van der Waals surface area contributed by atoms with Crippen molar-refractivity contribution in [2.24, 2.45) is 13.0 Å². The molecule has 2 heterocycles. The molecule has 0 saturated carbocycles. The van der Waals surface area contributed by atoms with Gasteiger partial charge in [-0.3, -0.25) is 4.90 Å². The number of benzene rings is 1. The van der Waals surface area contributed by atoms with Gasteiger partial charge in [0.1, 0.15) is 5.82 Å². The van der Waals surface area contributed by atoms with E-state index >= 15 is 0 Å². The molecule has 1 fully saturated rings. The van der Waals surface area contributed by atoms with Crippen molar-refractivity contribution in [2.75, 3.05) is 20.1 Å². The van der Waals surface area contributed by atoms with Gasteiger partial charge in [0.05, 0.1) is 6.04 Å². The Kier molecular flexibility index (Phi) is 6.73. The van der Waals surface area contributed by atoms with Crippen LogP contribution in [0.2, 0.25) is 0 Å². The van der Waals surface area contributed by atoms with E-state index in [1.807, 2.05) is 24.9 Å². The minimum absolute atomic E-state index is 0.0716. The molecule has 2 aromatic rings. The van der Waals surface area contributed by atoms with E-state index in [1.165, 1.54) is 37.1 Å². The molecular weight excluding hydrogens is 350 g/mol. The van der Waals surface area contributed by atoms with E-state index in [9.17, 15) is 4.79 Å². The molecule has 28 heavy (non-hydrogen) atoms. The van der Waals surface area contributed by atoms with E-state index in [0.717, 1.165) is 12.4 Å². The molecule has 6 nitrogen and oxygen atoms in total. The topological polar surface area (TPSA) is 53.4 Å². The summed E-state index contributed by atoms with van der Waals surface area (Å²) in [6.07, 6.45) is 6.26. The smallest absolute Gasteiger partial charge is 0.318 e. The van der Waals surface area contributed by atoms with E-state index < -0.39 is 0 Å². The van der Waals surface area contributed by atoms with Crippen LogP contribution in [0.15, 0.2) is 36.7 Å². The molecule has 1 aromatic heterocycles. The lowest BCUT2D eigenvalue weighted by molar-refractivity contribution is 0.197. The molecule has 1 N–H and O–H groups in total. The van der Waals surface area contributed by atoms with Crippen LogP contribution in [0.5, 0.6) is 0 Å². The second-order valence-corrected chi connectivity index (χ2v) is 8.18. The summed E-state index contributed by atoms with van der Waals surface area (Å²) in [6, 6.07) is 8.27. The zero-order valence-electron chi connectivity index (χ0n) is 17.6. The largest absolute Gasteiger partial charge is 0.336 e. The van der Waals surface area contributed by atoms with Crippen LogP contribution in [0.4, 0.5) is 4.79 Å². The van der Waals surface area contributed by atoms with Gasteiger partial charge >= 0.3 is 6.03 Å². The number of nitrogens with one attached hydrogen (secondary N) is 1. The maximum absolute atomic E-state index is 12.9. The van der Waals surface area contributed by atoms with Gasteiger partial charge in [-0.2, -0.15) is 0 Å². The Hall–Kier alpha value is -2.34. The zero-order valence-corrected chi connectivity index (χ0v) is 17.6. The number of carbonyl (C=O) groups is 1. The van der Waals surface area contributed by atoms with Crippen LogP contribution in [0.25, 0.3) is 0 Å². The number of nitrogens with zero attached hydrogens (tertiary/aromatic N) is 4. The van der Waals surface area contributed by atoms with E-state index in [0.29, 0.717) is 6.54 Å². The van der Waals surface area contributed by atoms with Gasteiger partial charge in [-0.1, -0.05) is 38.1 Å². The summed E-state index contributed by atoms with van der Waals surface area (Å²) >= 11 is 0. The molecule has 6 heteroatoms. The second kappa shape index (κ2) is 9.24. The molecule has 2 amide bonds. The fourth-order valence-electron chi connectivity index (χ4n) is 3.82. The fourth-order valence-corrected chi connectivity index (χ4v) is 3.82. The molecule has 0 spiro atoms. The van der Waals surface area contributed by atoms with Crippen LogP contribution in [-0.4, -0.2) is 45.5 Å². The minimum Gasteiger partial charge on any atom is -0.336 e. The predicted molar refractivity (Wildman–Crippen MR) is 112 cm³/mol. The summed E-state index contributed by atoms with van der Waals surface area (Å²) in [4.78, 5) is 21.6. The Morgan fingerprint density at radius 2 is 1.89 bits per heavy atom. The van der Waals surface area contributed by atoms with E-state index in [4.69, 9.17) is 0 Å². The highest BCUT2D eigenvalue weighted by atomic mass is 16.2. The van der Waals surface area contributed by atoms with E-state index in [-0.39, 0.29) is 18.0 Å². The molecule has 0 aliphatic carbocycles. The molecule has 1 atom stereocenters. The number of amides is 2. The third kappa shape index (κ3) is 4.93. The number of hydrogen-bond acceptors (Lipinski definition) is 3. The van der Waals surface area contributed by atoms with E-state index in [1.54, 1.807) is 11.1 Å². The number of aryl methyl sites for hydroxylation is 1. The lowest BCUT2D eigenvalue weighted by atomic mass is 10.0. The first kappa shape index (κ1) is 20.4. The molecule has 0 unspecified atom stereocenters. The maximum Gasteiger partial charge on any atom is 0.318 e. The molecule has 0 radical (unpaired) electrons. The zero-order chi connectivity index (χ0) is 20.1. The minimum atomic E-state index is -0.116. The summed E-state index contributed by atoms with van der Waals surface area (Å²) in [5.74, 6) is 1.13. The molecule has 152 valence electrons. The third-order valence-electron chi connectivity index (χ3n) is 5.55. The Morgan fingerprint density at radius 1 is 1.21 bits per heavy atom. The van der Waals surface area contributed by atoms with Gasteiger partial charge in [-0.05, 0) is 43.0 Å². The molecule has 3 rings (SSSR count). The van der Waals surface area contributed by atoms with Gasteiger partial charge in [0, 0.05) is 39.6 Å². The van der Waals surface area contributed by atoms with Crippen molar-refractivity contribution in [3.63, 3.8) is 0 Å². The molecule has 1 aliphatic rings. The van der Waals surface area contributed by atoms with Crippen LogP contribution in [-0.2, 0) is 20.1 Å². The van der Waals surface area contributed by atoms with Crippen molar-refractivity contribution in [3.8, 4) is 0 Å². The first-order chi connectivity index (χ1) is 13.5. The summed E-state index contributed by atoms with van der Waals surface area (Å²) in [5, 5.41) is 3.17. The lowest BCUT2D eigenvalue weighted by Crippen LogP contribution is -2.41. The van der Waals surface area contributed by atoms with Crippen LogP contribution in [0.1, 0.15) is 49.7 Å². The highest BCUT2D eigenvalue weighted by Gasteiger charge is 2.24. The summed E-state index contributed by atoms with van der Waals surface area (Å²) in [5.41, 5.74) is 2.53. The van der Waals surface area contributed by atoms with Gasteiger partial charge < -0.3 is 14.8 Å². The molecule has 1 saturated heterocycles. The monoisotopic (exact) mass is 383 g/mol. The number of imidazole rings is 1. The highest BCUT2D eigenvalue weighted by molar-refractivity contribution is 5.74. The number of rotatable bonds is 7. The molecule has 1 aliphatic heterocycles. The Balaban J connectivity index is 1.66. The third-order valence-corrected chi connectivity index (χ3v) is 5.55. The van der Waals surface area contributed by atoms with Crippen molar-refractivity contribution >= 4 is 6.03 Å². The number of carbonyl (C=O) groups excluding carboxylic acids is 1. The van der Waals surface area contributed by atoms with Gasteiger partial charge in [0.15, 0.2) is 0 Å². The van der Waals surface area contributed by atoms with Crippen molar-refractivity contribution in [2.45, 2.75) is 45.8 Å². The first-order valence-corrected chi connectivity index (χ1v) is 10.2. The van der Waals surface area contributed by atoms with Crippen LogP contribution in [0, 0.1) is 5.92 Å². The van der Waals surface area contributed by atoms with Gasteiger partial charge in [-0.25, -0.2) is 9.78 Å². The summed E-state index contributed by atoms with van der Waals surface area (Å²) < 4.78 is 1.97. The van der Waals surface area contributed by atoms with Gasteiger partial charge in [-0.15, -0.1) is 0 Å². The molecule has 0 bridgehead atoms. The number of urea groups is 1. The van der Waals surface area contributed by atoms with Crippen LogP contribution in [0.3, 0.4) is 0 Å². The maximum atomic E-state index is 12.9. The average Bonchev–Trinajstić information content (AvgIpc) is 3.32. The average molecular weight is 384 g/mol. The van der Waals surface area contributed by atoms with Gasteiger partial charge in [0.25, 0.3) is 0 Å². The molecular formula is C22H33N5O. The number of likely N-dealkylation sites (tertiary alicyclic amines) is 1.